The fourth-order valence-corrected chi connectivity index (χ4v) is 1.09. The molecule has 80 valence electrons. The van der Waals surface area contributed by atoms with Gasteiger partial charge >= 0.3 is 5.97 Å². The molecule has 4 nitrogen and oxygen atoms in total. The number of rotatable bonds is 5. The molecule has 0 bridgehead atoms. The molecule has 1 unspecified atom stereocenters. The van der Waals surface area contributed by atoms with Crippen LogP contribution < -0.4 is 0 Å². The van der Waals surface area contributed by atoms with Crippen LogP contribution in [0.4, 0.5) is 0 Å². The number of ether oxygens (including phenoxy) is 1. The largest absolute Gasteiger partial charge is 0.469 e. The first-order valence-electron chi connectivity index (χ1n) is 4.47. The first-order chi connectivity index (χ1) is 6.52. The fourth-order valence-electron chi connectivity index (χ4n) is 1.09. The van der Waals surface area contributed by atoms with E-state index in [1.165, 1.54) is 14.0 Å². The van der Waals surface area contributed by atoms with Crippen molar-refractivity contribution in [3.63, 3.8) is 0 Å². The van der Waals surface area contributed by atoms with Crippen molar-refractivity contribution < 1.29 is 14.3 Å². The van der Waals surface area contributed by atoms with Crippen molar-refractivity contribution in [3.05, 3.63) is 12.7 Å². The molecule has 1 atom stereocenters. The highest BCUT2D eigenvalue weighted by molar-refractivity contribution is 5.76. The summed E-state index contributed by atoms with van der Waals surface area (Å²) in [6.45, 7) is 7.56. The van der Waals surface area contributed by atoms with E-state index < -0.39 is 0 Å². The van der Waals surface area contributed by atoms with E-state index in [0.717, 1.165) is 0 Å². The van der Waals surface area contributed by atoms with Crippen molar-refractivity contribution >= 4 is 11.9 Å². The summed E-state index contributed by atoms with van der Waals surface area (Å²) >= 11 is 0. The van der Waals surface area contributed by atoms with E-state index in [4.69, 9.17) is 0 Å². The summed E-state index contributed by atoms with van der Waals surface area (Å²) in [6.07, 6.45) is 1.63. The SMILES string of the molecule is C=CCN(CC(C)C(=O)OC)C(C)=O. The Kier molecular flexibility index (Phi) is 5.60. The third-order valence-corrected chi connectivity index (χ3v) is 1.89. The number of carbonyl (C=O) groups is 2. The molecule has 0 spiro atoms. The second-order valence-electron chi connectivity index (χ2n) is 3.14. The Morgan fingerprint density at radius 2 is 2.14 bits per heavy atom. The van der Waals surface area contributed by atoms with E-state index in [1.54, 1.807) is 17.9 Å². The normalized spacial score (nSPS) is 11.6. The number of methoxy groups -OCH3 is 1. The number of esters is 1. The fraction of sp³-hybridized carbons (Fsp3) is 0.600. The van der Waals surface area contributed by atoms with E-state index in [-0.39, 0.29) is 17.8 Å². The molecule has 0 aromatic carbocycles. The van der Waals surface area contributed by atoms with E-state index in [9.17, 15) is 9.59 Å². The molecule has 0 heterocycles. The minimum Gasteiger partial charge on any atom is -0.469 e. The molecule has 0 aliphatic rings. The number of hydrogen-bond acceptors (Lipinski definition) is 3. The van der Waals surface area contributed by atoms with Crippen LogP contribution in [0.2, 0.25) is 0 Å². The molecule has 0 saturated carbocycles. The standard InChI is InChI=1S/C10H17NO3/c1-5-6-11(9(3)12)7-8(2)10(13)14-4/h5,8H,1,6-7H2,2-4H3. The van der Waals surface area contributed by atoms with E-state index in [0.29, 0.717) is 13.1 Å². The third kappa shape index (κ3) is 4.07. The maximum atomic E-state index is 11.1. The Bertz CT molecular complexity index is 225. The Morgan fingerprint density at radius 1 is 1.57 bits per heavy atom. The zero-order valence-corrected chi connectivity index (χ0v) is 8.95. The lowest BCUT2D eigenvalue weighted by Gasteiger charge is -2.21. The van der Waals surface area contributed by atoms with Gasteiger partial charge in [0.1, 0.15) is 0 Å². The zero-order chi connectivity index (χ0) is 11.1. The number of nitrogens with zero attached hydrogens (tertiary/aromatic N) is 1. The molecule has 0 N–H and O–H groups in total. The molecule has 0 aliphatic heterocycles. The lowest BCUT2D eigenvalue weighted by molar-refractivity contribution is -0.146. The van der Waals surface area contributed by atoms with E-state index in [1.807, 2.05) is 0 Å². The van der Waals surface area contributed by atoms with Crippen molar-refractivity contribution in [2.24, 2.45) is 5.92 Å². The molecule has 0 fully saturated rings. The lowest BCUT2D eigenvalue weighted by Crippen LogP contribution is -2.35. The van der Waals surface area contributed by atoms with Gasteiger partial charge in [0.05, 0.1) is 13.0 Å². The van der Waals surface area contributed by atoms with Gasteiger partial charge in [-0.15, -0.1) is 6.58 Å². The number of amides is 1. The lowest BCUT2D eigenvalue weighted by atomic mass is 10.1. The molecule has 14 heavy (non-hydrogen) atoms. The maximum absolute atomic E-state index is 11.1. The highest BCUT2D eigenvalue weighted by Crippen LogP contribution is 2.02. The van der Waals surface area contributed by atoms with Gasteiger partial charge in [0.2, 0.25) is 5.91 Å². The van der Waals surface area contributed by atoms with Gasteiger partial charge in [0, 0.05) is 20.0 Å². The molecular weight excluding hydrogens is 182 g/mol. The average Bonchev–Trinajstić information content (AvgIpc) is 2.15. The van der Waals surface area contributed by atoms with Crippen LogP contribution in [-0.2, 0) is 14.3 Å². The first-order valence-corrected chi connectivity index (χ1v) is 4.47. The van der Waals surface area contributed by atoms with Gasteiger partial charge in [-0.1, -0.05) is 13.0 Å². The van der Waals surface area contributed by atoms with Gasteiger partial charge < -0.3 is 9.64 Å². The van der Waals surface area contributed by atoms with Gasteiger partial charge in [-0.3, -0.25) is 9.59 Å². The van der Waals surface area contributed by atoms with Gasteiger partial charge in [-0.2, -0.15) is 0 Å². The van der Waals surface area contributed by atoms with Crippen molar-refractivity contribution in [3.8, 4) is 0 Å². The summed E-state index contributed by atoms with van der Waals surface area (Å²) in [5, 5.41) is 0. The van der Waals surface area contributed by atoms with Crippen LogP contribution in [0.5, 0.6) is 0 Å². The summed E-state index contributed by atoms with van der Waals surface area (Å²) < 4.78 is 4.57. The van der Waals surface area contributed by atoms with Crippen molar-refractivity contribution in [2.75, 3.05) is 20.2 Å². The minimum absolute atomic E-state index is 0.0688. The predicted octanol–water partition coefficient (Wildman–Crippen LogP) is 0.830. The minimum atomic E-state index is -0.305. The topological polar surface area (TPSA) is 46.6 Å². The highest BCUT2D eigenvalue weighted by atomic mass is 16.5. The third-order valence-electron chi connectivity index (χ3n) is 1.89. The van der Waals surface area contributed by atoms with Crippen LogP contribution in [-0.4, -0.2) is 37.0 Å². The summed E-state index contributed by atoms with van der Waals surface area (Å²) in [5.74, 6) is -0.676. The van der Waals surface area contributed by atoms with Gasteiger partial charge in [0.25, 0.3) is 0 Å². The van der Waals surface area contributed by atoms with Crippen molar-refractivity contribution in [1.29, 1.82) is 0 Å². The molecule has 0 saturated heterocycles. The summed E-state index contributed by atoms with van der Waals surface area (Å²) in [4.78, 5) is 23.7. The smallest absolute Gasteiger partial charge is 0.310 e. The molecule has 0 aliphatic carbocycles. The van der Waals surface area contributed by atoms with Crippen LogP contribution in [0.1, 0.15) is 13.8 Å². The molecular formula is C10H17NO3. The monoisotopic (exact) mass is 199 g/mol. The number of carbonyl (C=O) groups excluding carboxylic acids is 2. The van der Waals surface area contributed by atoms with Gasteiger partial charge in [-0.05, 0) is 0 Å². The second kappa shape index (κ2) is 6.18. The van der Waals surface area contributed by atoms with Crippen molar-refractivity contribution in [2.45, 2.75) is 13.8 Å². The predicted molar refractivity (Wildman–Crippen MR) is 53.6 cm³/mol. The van der Waals surface area contributed by atoms with Crippen LogP contribution in [0.15, 0.2) is 12.7 Å². The first kappa shape index (κ1) is 12.7. The van der Waals surface area contributed by atoms with E-state index in [2.05, 4.69) is 11.3 Å². The molecule has 4 heteroatoms. The van der Waals surface area contributed by atoms with Gasteiger partial charge in [-0.25, -0.2) is 0 Å². The summed E-state index contributed by atoms with van der Waals surface area (Å²) in [7, 11) is 1.34. The molecule has 0 aromatic heterocycles. The molecule has 0 rings (SSSR count). The van der Waals surface area contributed by atoms with Crippen LogP contribution in [0.3, 0.4) is 0 Å². The van der Waals surface area contributed by atoms with Crippen LogP contribution in [0, 0.1) is 5.92 Å². The zero-order valence-electron chi connectivity index (χ0n) is 8.95. The average molecular weight is 199 g/mol. The van der Waals surface area contributed by atoms with Crippen LogP contribution in [0.25, 0.3) is 0 Å². The Hall–Kier alpha value is -1.32. The molecule has 0 aromatic rings. The number of hydrogen-bond donors (Lipinski definition) is 0. The quantitative estimate of drug-likeness (QED) is 0.486. The Labute approximate surface area is 84.5 Å². The van der Waals surface area contributed by atoms with E-state index >= 15 is 0 Å². The Morgan fingerprint density at radius 3 is 2.50 bits per heavy atom. The molecule has 0 radical (unpaired) electrons. The van der Waals surface area contributed by atoms with Crippen molar-refractivity contribution in [1.82, 2.24) is 4.90 Å². The Balaban J connectivity index is 4.21. The highest BCUT2D eigenvalue weighted by Gasteiger charge is 2.18. The summed E-state index contributed by atoms with van der Waals surface area (Å²) in [5.41, 5.74) is 0. The second-order valence-corrected chi connectivity index (χ2v) is 3.14. The van der Waals surface area contributed by atoms with Gasteiger partial charge in [0.15, 0.2) is 0 Å². The maximum Gasteiger partial charge on any atom is 0.310 e. The van der Waals surface area contributed by atoms with Crippen LogP contribution >= 0.6 is 0 Å². The summed E-state index contributed by atoms with van der Waals surface area (Å²) in [6, 6.07) is 0. The molecule has 1 amide bonds.